The average Bonchev–Trinajstić information content (AvgIpc) is 2.77. The molecule has 106 valence electrons. The summed E-state index contributed by atoms with van der Waals surface area (Å²) in [7, 11) is 0. The molecule has 0 saturated heterocycles. The molecule has 20 heavy (non-hydrogen) atoms. The minimum absolute atomic E-state index is 0.273. The normalized spacial score (nSPS) is 11.7. The second kappa shape index (κ2) is 4.78. The number of benzene rings is 1. The molecule has 0 amide bonds. The third-order valence-electron chi connectivity index (χ3n) is 2.27. The summed E-state index contributed by atoms with van der Waals surface area (Å²) in [5.74, 6) is -4.94. The number of alkyl halides is 3. The molecule has 0 saturated carbocycles. The van der Waals surface area contributed by atoms with E-state index >= 15 is 0 Å². The van der Waals surface area contributed by atoms with Crippen LogP contribution in [0.25, 0.3) is 11.5 Å². The van der Waals surface area contributed by atoms with E-state index in [1.54, 1.807) is 0 Å². The Balaban J connectivity index is 2.65. The van der Waals surface area contributed by atoms with Crippen molar-refractivity contribution in [3.8, 4) is 11.5 Å². The number of nitrogens with zero attached hydrogens (tertiary/aromatic N) is 1. The van der Waals surface area contributed by atoms with E-state index in [9.17, 15) is 22.4 Å². The van der Waals surface area contributed by atoms with Gasteiger partial charge in [0.2, 0.25) is 11.7 Å². The molecular formula is C11H4ClF4NO3. The van der Waals surface area contributed by atoms with Crippen molar-refractivity contribution in [2.45, 2.75) is 6.18 Å². The molecule has 0 aliphatic rings. The van der Waals surface area contributed by atoms with E-state index < -0.39 is 40.3 Å². The number of rotatable bonds is 2. The third kappa shape index (κ3) is 2.46. The Hall–Kier alpha value is -2.09. The van der Waals surface area contributed by atoms with Gasteiger partial charge in [-0.1, -0.05) is 17.7 Å². The second-order valence-electron chi connectivity index (χ2n) is 3.60. The van der Waals surface area contributed by atoms with Gasteiger partial charge >= 0.3 is 12.1 Å². The topological polar surface area (TPSA) is 63.3 Å². The fraction of sp³-hybridized carbons (Fsp3) is 0.0909. The van der Waals surface area contributed by atoms with E-state index in [-0.39, 0.29) is 5.56 Å². The van der Waals surface area contributed by atoms with Gasteiger partial charge in [0.25, 0.3) is 0 Å². The molecule has 0 aliphatic heterocycles. The number of oxazole rings is 1. The molecule has 0 aliphatic carbocycles. The van der Waals surface area contributed by atoms with Crippen molar-refractivity contribution in [2.24, 2.45) is 0 Å². The molecule has 9 heteroatoms. The summed E-state index contributed by atoms with van der Waals surface area (Å²) in [6, 6.07) is 3.31. The third-order valence-corrected chi connectivity index (χ3v) is 2.66. The first kappa shape index (κ1) is 14.3. The van der Waals surface area contributed by atoms with Crippen molar-refractivity contribution < 1.29 is 31.9 Å². The minimum Gasteiger partial charge on any atom is -0.475 e. The van der Waals surface area contributed by atoms with E-state index in [0.717, 1.165) is 12.1 Å². The monoisotopic (exact) mass is 309 g/mol. The lowest BCUT2D eigenvalue weighted by Gasteiger charge is -2.01. The molecule has 2 rings (SSSR count). The summed E-state index contributed by atoms with van der Waals surface area (Å²) in [5.41, 5.74) is -1.98. The van der Waals surface area contributed by atoms with Gasteiger partial charge in [-0.3, -0.25) is 0 Å². The zero-order valence-electron chi connectivity index (χ0n) is 9.33. The number of carboxylic acid groups (broad SMARTS) is 1. The van der Waals surface area contributed by atoms with Gasteiger partial charge in [0.15, 0.2) is 5.69 Å². The smallest absolute Gasteiger partial charge is 0.437 e. The fourth-order valence-electron chi connectivity index (χ4n) is 1.44. The van der Waals surface area contributed by atoms with E-state index in [1.165, 1.54) is 6.07 Å². The molecule has 4 nitrogen and oxygen atoms in total. The maximum atomic E-state index is 13.2. The Morgan fingerprint density at radius 1 is 1.35 bits per heavy atom. The van der Waals surface area contributed by atoms with Crippen LogP contribution in [0.15, 0.2) is 22.6 Å². The molecule has 1 aromatic heterocycles. The molecule has 0 radical (unpaired) electrons. The van der Waals surface area contributed by atoms with Crippen molar-refractivity contribution in [2.75, 3.05) is 0 Å². The van der Waals surface area contributed by atoms with Crippen molar-refractivity contribution in [1.82, 2.24) is 4.98 Å². The maximum absolute atomic E-state index is 13.2. The van der Waals surface area contributed by atoms with Crippen LogP contribution in [0.5, 0.6) is 0 Å². The quantitative estimate of drug-likeness (QED) is 0.856. The van der Waals surface area contributed by atoms with E-state index in [1.807, 2.05) is 0 Å². The summed E-state index contributed by atoms with van der Waals surface area (Å²) < 4.78 is 55.6. The first-order valence-electron chi connectivity index (χ1n) is 4.97. The number of aromatic nitrogens is 1. The molecular weight excluding hydrogens is 306 g/mol. The molecule has 0 spiro atoms. The summed E-state index contributed by atoms with van der Waals surface area (Å²) in [6.07, 6.45) is -5.02. The Bertz CT molecular complexity index is 681. The van der Waals surface area contributed by atoms with Crippen LogP contribution in [0.2, 0.25) is 5.02 Å². The van der Waals surface area contributed by atoms with Gasteiger partial charge in [0.05, 0.1) is 10.6 Å². The number of hydrogen-bond donors (Lipinski definition) is 1. The van der Waals surface area contributed by atoms with Gasteiger partial charge in [-0.05, 0) is 12.1 Å². The average molecular weight is 310 g/mol. The van der Waals surface area contributed by atoms with Crippen LogP contribution < -0.4 is 0 Å². The highest BCUT2D eigenvalue weighted by atomic mass is 35.5. The van der Waals surface area contributed by atoms with Gasteiger partial charge in [-0.25, -0.2) is 14.2 Å². The van der Waals surface area contributed by atoms with Crippen LogP contribution in [-0.4, -0.2) is 16.1 Å². The highest BCUT2D eigenvalue weighted by molar-refractivity contribution is 6.33. The Kier molecular flexibility index (Phi) is 3.43. The number of carboxylic acids is 1. The molecule has 0 unspecified atom stereocenters. The van der Waals surface area contributed by atoms with E-state index in [4.69, 9.17) is 16.7 Å². The van der Waals surface area contributed by atoms with Gasteiger partial charge in [0.1, 0.15) is 5.82 Å². The molecule has 1 N–H and O–H groups in total. The van der Waals surface area contributed by atoms with Crippen LogP contribution in [-0.2, 0) is 6.18 Å². The summed E-state index contributed by atoms with van der Waals surface area (Å²) in [6.45, 7) is 0. The standard InChI is InChI=1S/C11H4ClF4NO3/c12-6-4(2-1-3-5(6)13)9-17-8(11(14,15)16)7(20-9)10(18)19/h1-3H,(H,18,19). The van der Waals surface area contributed by atoms with Crippen molar-refractivity contribution in [3.63, 3.8) is 0 Å². The Labute approximate surface area is 113 Å². The van der Waals surface area contributed by atoms with E-state index in [0.29, 0.717) is 0 Å². The number of halogens is 5. The van der Waals surface area contributed by atoms with Gasteiger partial charge < -0.3 is 9.52 Å². The molecule has 0 bridgehead atoms. The minimum atomic E-state index is -5.02. The number of hydrogen-bond acceptors (Lipinski definition) is 3. The molecule has 0 atom stereocenters. The summed E-state index contributed by atoms with van der Waals surface area (Å²) >= 11 is 5.58. The van der Waals surface area contributed by atoms with Crippen LogP contribution >= 0.6 is 11.6 Å². The highest BCUT2D eigenvalue weighted by Gasteiger charge is 2.41. The fourth-order valence-corrected chi connectivity index (χ4v) is 1.65. The predicted molar refractivity (Wildman–Crippen MR) is 58.9 cm³/mol. The predicted octanol–water partition coefficient (Wildman–Crippen LogP) is 3.85. The second-order valence-corrected chi connectivity index (χ2v) is 3.98. The largest absolute Gasteiger partial charge is 0.475 e. The van der Waals surface area contributed by atoms with Crippen LogP contribution in [0, 0.1) is 5.82 Å². The molecule has 0 fully saturated rings. The molecule has 1 aromatic carbocycles. The van der Waals surface area contributed by atoms with Crippen molar-refractivity contribution >= 4 is 17.6 Å². The SMILES string of the molecule is O=C(O)c1oc(-c2cccc(F)c2Cl)nc1C(F)(F)F. The molecule has 1 heterocycles. The summed E-state index contributed by atoms with van der Waals surface area (Å²) in [4.78, 5) is 13.8. The maximum Gasteiger partial charge on any atom is 0.437 e. The van der Waals surface area contributed by atoms with Crippen molar-refractivity contribution in [3.05, 3.63) is 40.5 Å². The first-order chi connectivity index (χ1) is 9.21. The van der Waals surface area contributed by atoms with Gasteiger partial charge in [0, 0.05) is 0 Å². The first-order valence-corrected chi connectivity index (χ1v) is 5.35. The van der Waals surface area contributed by atoms with Gasteiger partial charge in [-0.15, -0.1) is 0 Å². The lowest BCUT2D eigenvalue weighted by Crippen LogP contribution is -2.11. The lowest BCUT2D eigenvalue weighted by molar-refractivity contribution is -0.141. The van der Waals surface area contributed by atoms with Crippen molar-refractivity contribution in [1.29, 1.82) is 0 Å². The zero-order chi connectivity index (χ0) is 15.1. The van der Waals surface area contributed by atoms with Crippen LogP contribution in [0.3, 0.4) is 0 Å². The van der Waals surface area contributed by atoms with Crippen LogP contribution in [0.1, 0.15) is 16.2 Å². The number of carbonyl (C=O) groups is 1. The Morgan fingerprint density at radius 3 is 2.50 bits per heavy atom. The highest BCUT2D eigenvalue weighted by Crippen LogP contribution is 2.36. The van der Waals surface area contributed by atoms with Gasteiger partial charge in [-0.2, -0.15) is 13.2 Å². The Morgan fingerprint density at radius 2 is 2.00 bits per heavy atom. The van der Waals surface area contributed by atoms with E-state index in [2.05, 4.69) is 9.40 Å². The number of aromatic carboxylic acids is 1. The van der Waals surface area contributed by atoms with Crippen LogP contribution in [0.4, 0.5) is 17.6 Å². The zero-order valence-corrected chi connectivity index (χ0v) is 10.1. The lowest BCUT2D eigenvalue weighted by atomic mass is 10.2. The summed E-state index contributed by atoms with van der Waals surface area (Å²) in [5, 5.41) is 8.16. The molecule has 2 aromatic rings.